The van der Waals surface area contributed by atoms with Crippen LogP contribution in [0.5, 0.6) is 0 Å². The molecule has 5 atom stereocenters. The van der Waals surface area contributed by atoms with E-state index in [1.54, 1.807) is 38.4 Å². The fraction of sp³-hybridized carbons (Fsp3) is 0.471. The lowest BCUT2D eigenvalue weighted by atomic mass is 9.73. The zero-order chi connectivity index (χ0) is 30.5. The van der Waals surface area contributed by atoms with Gasteiger partial charge in [0.15, 0.2) is 6.23 Å². The fourth-order valence-corrected chi connectivity index (χ4v) is 8.85. The van der Waals surface area contributed by atoms with Crippen molar-refractivity contribution in [2.24, 2.45) is 5.41 Å². The Bertz CT molecular complexity index is 1520. The highest BCUT2D eigenvalue weighted by Gasteiger charge is 2.67. The summed E-state index contributed by atoms with van der Waals surface area (Å²) in [6.07, 6.45) is 3.21. The molecule has 3 aromatic rings. The average Bonchev–Trinajstić information content (AvgIpc) is 3.76. The van der Waals surface area contributed by atoms with Gasteiger partial charge >= 0.3 is 0 Å². The summed E-state index contributed by atoms with van der Waals surface area (Å²) in [5, 5.41) is 10.7. The second-order valence-electron chi connectivity index (χ2n) is 12.8. The van der Waals surface area contributed by atoms with Gasteiger partial charge in [0.2, 0.25) is 10.0 Å². The number of ether oxygens (including phenoxy) is 1. The van der Waals surface area contributed by atoms with Crippen molar-refractivity contribution < 1.29 is 27.0 Å². The predicted molar refractivity (Wildman–Crippen MR) is 163 cm³/mol. The molecular formula is C34H40F2N2O4S. The summed E-state index contributed by atoms with van der Waals surface area (Å²) in [7, 11) is -0.0424. The maximum atomic E-state index is 13.9. The molecule has 9 heteroatoms. The number of halogens is 2. The highest BCUT2D eigenvalue weighted by molar-refractivity contribution is 7.89. The van der Waals surface area contributed by atoms with Crippen molar-refractivity contribution >= 4 is 15.7 Å². The number of hydrogen-bond acceptors (Lipinski definition) is 5. The summed E-state index contributed by atoms with van der Waals surface area (Å²) in [4.78, 5) is 2.24. The molecule has 6 nitrogen and oxygen atoms in total. The van der Waals surface area contributed by atoms with Gasteiger partial charge in [-0.15, -0.1) is 0 Å². The van der Waals surface area contributed by atoms with Crippen molar-refractivity contribution in [1.82, 2.24) is 4.31 Å². The van der Waals surface area contributed by atoms with E-state index >= 15 is 0 Å². The monoisotopic (exact) mass is 610 g/mol. The molecular weight excluding hydrogens is 570 g/mol. The quantitative estimate of drug-likeness (QED) is 0.274. The van der Waals surface area contributed by atoms with Crippen LogP contribution in [0.2, 0.25) is 0 Å². The molecule has 0 aromatic heterocycles. The highest BCUT2D eigenvalue weighted by Crippen LogP contribution is 2.62. The second kappa shape index (κ2) is 11.6. The maximum Gasteiger partial charge on any atom is 0.216 e. The molecule has 2 unspecified atom stereocenters. The minimum absolute atomic E-state index is 0.0448. The number of nitrogens with zero attached hydrogens (tertiary/aromatic N) is 2. The van der Waals surface area contributed by atoms with Crippen LogP contribution in [0.15, 0.2) is 72.8 Å². The van der Waals surface area contributed by atoms with E-state index < -0.39 is 16.1 Å². The Kier molecular flexibility index (Phi) is 8.13. The van der Waals surface area contributed by atoms with Gasteiger partial charge < -0.3 is 14.7 Å². The first-order chi connectivity index (χ1) is 20.5. The summed E-state index contributed by atoms with van der Waals surface area (Å²) >= 11 is 0. The highest BCUT2D eigenvalue weighted by atomic mass is 32.2. The Morgan fingerprint density at radius 1 is 0.907 bits per heavy atom. The zero-order valence-corrected chi connectivity index (χ0v) is 25.7. The minimum Gasteiger partial charge on any atom is -0.388 e. The summed E-state index contributed by atoms with van der Waals surface area (Å²) in [6.45, 7) is 2.20. The Balaban J connectivity index is 1.24. The summed E-state index contributed by atoms with van der Waals surface area (Å²) in [5.74, 6) is -0.318. The summed E-state index contributed by atoms with van der Waals surface area (Å²) in [5.41, 5.74) is 3.55. The van der Waals surface area contributed by atoms with Crippen molar-refractivity contribution in [3.63, 3.8) is 0 Å². The van der Waals surface area contributed by atoms with Gasteiger partial charge in [0, 0.05) is 25.2 Å². The van der Waals surface area contributed by atoms with E-state index in [-0.39, 0.29) is 40.7 Å². The van der Waals surface area contributed by atoms with Gasteiger partial charge in [0.25, 0.3) is 0 Å². The third kappa shape index (κ3) is 5.72. The molecule has 2 aliphatic heterocycles. The van der Waals surface area contributed by atoms with Gasteiger partial charge in [0.05, 0.1) is 17.4 Å². The van der Waals surface area contributed by atoms with E-state index in [4.69, 9.17) is 4.74 Å². The molecule has 230 valence electrons. The minimum atomic E-state index is -3.25. The standard InChI is InChI=1S/C34H40F2N2O4S/c1-34(21-20-30(39)24-8-12-26(35)13-9-24)31(38(33-32(34)42-33)28-16-14-27(36)15-17-28)25-6-4-22(5-7-25)23-10-18-29(19-11-23)43(40,41)37(2)3/h4-9,12-17,23,29-33,39H,10-11,18-21H2,1-3H3/t23?,29?,30-,31+,32?,33?,34+/m0/s1. The number of sulfonamides is 1. The van der Waals surface area contributed by atoms with Crippen molar-refractivity contribution in [1.29, 1.82) is 0 Å². The van der Waals surface area contributed by atoms with Crippen LogP contribution in [-0.4, -0.2) is 49.5 Å². The van der Waals surface area contributed by atoms with E-state index in [1.807, 2.05) is 0 Å². The van der Waals surface area contributed by atoms with Gasteiger partial charge in [-0.05, 0) is 97.5 Å². The first-order valence-electron chi connectivity index (χ1n) is 15.1. The van der Waals surface area contributed by atoms with Crippen LogP contribution in [0.3, 0.4) is 0 Å². The number of anilines is 1. The van der Waals surface area contributed by atoms with Crippen LogP contribution in [0.25, 0.3) is 0 Å². The van der Waals surface area contributed by atoms with Gasteiger partial charge in [-0.1, -0.05) is 43.3 Å². The van der Waals surface area contributed by atoms with Crippen molar-refractivity contribution in [3.8, 4) is 0 Å². The van der Waals surface area contributed by atoms with Crippen molar-refractivity contribution in [2.75, 3.05) is 19.0 Å². The number of rotatable bonds is 9. The molecule has 2 heterocycles. The summed E-state index contributed by atoms with van der Waals surface area (Å²) < 4.78 is 60.1. The molecule has 1 aliphatic carbocycles. The van der Waals surface area contributed by atoms with Crippen LogP contribution in [0.1, 0.15) is 80.2 Å². The molecule has 3 aromatic carbocycles. The van der Waals surface area contributed by atoms with Crippen LogP contribution < -0.4 is 4.90 Å². The molecule has 0 spiro atoms. The van der Waals surface area contributed by atoms with E-state index in [9.17, 15) is 22.3 Å². The molecule has 0 radical (unpaired) electrons. The summed E-state index contributed by atoms with van der Waals surface area (Å²) in [6, 6.07) is 21.1. The van der Waals surface area contributed by atoms with Crippen LogP contribution in [0, 0.1) is 17.0 Å². The molecule has 43 heavy (non-hydrogen) atoms. The third-order valence-corrected chi connectivity index (χ3v) is 12.3. The molecule has 3 fully saturated rings. The molecule has 0 bridgehead atoms. The van der Waals surface area contributed by atoms with Gasteiger partial charge in [-0.25, -0.2) is 21.5 Å². The first kappa shape index (κ1) is 30.2. The van der Waals surface area contributed by atoms with Crippen molar-refractivity contribution in [3.05, 3.63) is 101 Å². The van der Waals surface area contributed by atoms with Crippen LogP contribution in [-0.2, 0) is 14.8 Å². The lowest BCUT2D eigenvalue weighted by Gasteiger charge is -2.40. The van der Waals surface area contributed by atoms with Gasteiger partial charge in [-0.2, -0.15) is 0 Å². The maximum absolute atomic E-state index is 13.9. The number of benzene rings is 3. The topological polar surface area (TPSA) is 73.4 Å². The number of aliphatic hydroxyl groups excluding tert-OH is 1. The van der Waals surface area contributed by atoms with E-state index in [0.29, 0.717) is 37.2 Å². The third-order valence-electron chi connectivity index (χ3n) is 9.96. The largest absolute Gasteiger partial charge is 0.388 e. The zero-order valence-electron chi connectivity index (χ0n) is 24.9. The molecule has 2 saturated heterocycles. The number of epoxide rings is 1. The average molecular weight is 611 g/mol. The molecule has 3 aliphatic rings. The predicted octanol–water partition coefficient (Wildman–Crippen LogP) is 6.69. The van der Waals surface area contributed by atoms with Gasteiger partial charge in [0.1, 0.15) is 17.7 Å². The first-order valence-corrected chi connectivity index (χ1v) is 16.6. The van der Waals surface area contributed by atoms with Gasteiger partial charge in [-0.3, -0.25) is 0 Å². The number of aliphatic hydroxyl groups is 1. The fourth-order valence-electron chi connectivity index (χ4n) is 7.39. The Labute approximate surface area is 253 Å². The Morgan fingerprint density at radius 3 is 2.05 bits per heavy atom. The normalized spacial score (nSPS) is 29.5. The lowest BCUT2D eigenvalue weighted by molar-refractivity contribution is 0.100. The van der Waals surface area contributed by atoms with Crippen LogP contribution >= 0.6 is 0 Å². The number of hydrogen-bond donors (Lipinski definition) is 1. The SMILES string of the molecule is CN(C)S(=O)(=O)C1CCC(c2ccc([C@H]3N(c4ccc(F)cc4)C4OC4[C@]3(C)CC[C@H](O)c3ccc(F)cc3)cc2)CC1. The molecule has 1 N–H and O–H groups in total. The van der Waals surface area contributed by atoms with E-state index in [2.05, 4.69) is 36.1 Å². The van der Waals surface area contributed by atoms with Crippen LogP contribution in [0.4, 0.5) is 14.5 Å². The molecule has 0 amide bonds. The molecule has 6 rings (SSSR count). The van der Waals surface area contributed by atoms with E-state index in [0.717, 1.165) is 24.1 Å². The van der Waals surface area contributed by atoms with Crippen molar-refractivity contribution in [2.45, 2.75) is 81.1 Å². The lowest BCUT2D eigenvalue weighted by Crippen LogP contribution is -2.36. The molecule has 1 saturated carbocycles. The Morgan fingerprint density at radius 2 is 1.47 bits per heavy atom. The van der Waals surface area contributed by atoms with E-state index in [1.165, 1.54) is 34.1 Å². The Hall–Kier alpha value is -2.85. The smallest absolute Gasteiger partial charge is 0.216 e. The second-order valence-corrected chi connectivity index (χ2v) is 15.2. The number of fused-ring (bicyclic) bond motifs is 1.